The Morgan fingerprint density at radius 2 is 1.73 bits per heavy atom. The number of imidazole rings is 1. The van der Waals surface area contributed by atoms with Gasteiger partial charge in [0.25, 0.3) is 15.9 Å². The van der Waals surface area contributed by atoms with Gasteiger partial charge in [0.2, 0.25) is 0 Å². The molecule has 0 bridgehead atoms. The average Bonchev–Trinajstić information content (AvgIpc) is 3.25. The minimum Gasteiger partial charge on any atom is -0.306 e. The van der Waals surface area contributed by atoms with Crippen LogP contribution in [0.15, 0.2) is 58.2 Å². The molecule has 0 radical (unpaired) electrons. The van der Waals surface area contributed by atoms with Gasteiger partial charge in [-0.2, -0.15) is 0 Å². The fourth-order valence-electron chi connectivity index (χ4n) is 5.19. The Bertz CT molecular complexity index is 1350. The van der Waals surface area contributed by atoms with Gasteiger partial charge in [0.05, 0.1) is 16.6 Å². The maximum Gasteiger partial charge on any atom is 0.326 e. The molecule has 1 aromatic heterocycles. The monoisotopic (exact) mass is 468 g/mol. The predicted octanol–water partition coefficient (Wildman–Crippen LogP) is 2.98. The molecule has 3 aromatic rings. The van der Waals surface area contributed by atoms with Gasteiger partial charge < -0.3 is 9.88 Å². The van der Waals surface area contributed by atoms with Gasteiger partial charge in [-0.05, 0) is 56.9 Å². The molecule has 1 saturated heterocycles. The van der Waals surface area contributed by atoms with E-state index in [4.69, 9.17) is 0 Å². The number of hydrogen-bond donors (Lipinski definition) is 1. The summed E-state index contributed by atoms with van der Waals surface area (Å²) in [5.41, 5.74) is 2.03. The van der Waals surface area contributed by atoms with Crippen LogP contribution in [0.2, 0.25) is 0 Å². The highest BCUT2D eigenvalue weighted by Gasteiger charge is 2.40. The smallest absolute Gasteiger partial charge is 0.306 e. The molecule has 1 fully saturated rings. The number of benzene rings is 2. The van der Waals surface area contributed by atoms with Gasteiger partial charge in [-0.15, -0.1) is 0 Å². The topological polar surface area (TPSA) is 95.5 Å². The zero-order valence-electron chi connectivity index (χ0n) is 18.6. The first-order valence-electron chi connectivity index (χ1n) is 11.5. The van der Waals surface area contributed by atoms with E-state index in [0.29, 0.717) is 6.42 Å². The fourth-order valence-corrected chi connectivity index (χ4v) is 6.79. The van der Waals surface area contributed by atoms with Gasteiger partial charge in [-0.1, -0.05) is 24.3 Å². The predicted molar refractivity (Wildman–Crippen MR) is 126 cm³/mol. The molecule has 0 saturated carbocycles. The molecule has 174 valence electrons. The van der Waals surface area contributed by atoms with Gasteiger partial charge in [0.15, 0.2) is 0 Å². The first-order chi connectivity index (χ1) is 15.9. The first-order valence-corrected chi connectivity index (χ1v) is 12.9. The summed E-state index contributed by atoms with van der Waals surface area (Å²) in [5, 5.41) is 0. The van der Waals surface area contributed by atoms with Crippen LogP contribution in [-0.2, 0) is 10.0 Å². The number of carbonyl (C=O) groups is 1. The van der Waals surface area contributed by atoms with Crippen LogP contribution in [0, 0.1) is 0 Å². The Hall–Kier alpha value is -2.91. The number of carbonyl (C=O) groups excluding carboxylic acids is 1. The van der Waals surface area contributed by atoms with Gasteiger partial charge in [-0.25, -0.2) is 17.5 Å². The minimum absolute atomic E-state index is 0.0554. The number of para-hydroxylation sites is 2. The summed E-state index contributed by atoms with van der Waals surface area (Å²) < 4.78 is 28.3. The van der Waals surface area contributed by atoms with Gasteiger partial charge in [0.1, 0.15) is 4.90 Å². The second kappa shape index (κ2) is 8.46. The number of likely N-dealkylation sites (tertiary alicyclic amines) is 1. The van der Waals surface area contributed by atoms with E-state index in [9.17, 15) is 18.0 Å². The number of sulfonamides is 1. The molecule has 3 heterocycles. The lowest BCUT2D eigenvalue weighted by Gasteiger charge is -2.36. The van der Waals surface area contributed by atoms with Crippen molar-refractivity contribution in [2.24, 2.45) is 0 Å². The van der Waals surface area contributed by atoms with E-state index in [-0.39, 0.29) is 34.8 Å². The van der Waals surface area contributed by atoms with Crippen molar-refractivity contribution in [3.63, 3.8) is 0 Å². The normalized spacial score (nSPS) is 19.8. The summed E-state index contributed by atoms with van der Waals surface area (Å²) in [6, 6.07) is 14.6. The number of H-pyrrole nitrogens is 1. The van der Waals surface area contributed by atoms with Crippen LogP contribution >= 0.6 is 0 Å². The zero-order valence-corrected chi connectivity index (χ0v) is 19.4. The molecular weight excluding hydrogens is 440 g/mol. The number of amides is 1. The van der Waals surface area contributed by atoms with Gasteiger partial charge in [0, 0.05) is 31.7 Å². The standard InChI is InChI=1S/C24H28N4O4S/c1-17(7-6-14-27-23(29)19-8-2-5-11-22(19)33(27,31)32)26-15-12-18(13-16-26)28-21-10-4-3-9-20(21)25-24(28)30/h2-5,8-11,17-18H,6-7,12-16H2,1H3,(H,25,30). The maximum absolute atomic E-state index is 12.7. The van der Waals surface area contributed by atoms with Gasteiger partial charge >= 0.3 is 5.69 Å². The third-order valence-electron chi connectivity index (χ3n) is 7.01. The SMILES string of the molecule is CC(CCCN1C(=O)c2ccccc2S1(=O)=O)N1CCC(n2c(=O)[nH]c3ccccc32)CC1. The molecule has 2 aromatic carbocycles. The Morgan fingerprint density at radius 1 is 1.03 bits per heavy atom. The third kappa shape index (κ3) is 3.79. The van der Waals surface area contributed by atoms with Crippen molar-refractivity contribution < 1.29 is 13.2 Å². The molecule has 0 spiro atoms. The largest absolute Gasteiger partial charge is 0.326 e. The number of hydrogen-bond acceptors (Lipinski definition) is 5. The summed E-state index contributed by atoms with van der Waals surface area (Å²) >= 11 is 0. The highest BCUT2D eigenvalue weighted by atomic mass is 32.2. The minimum atomic E-state index is -3.74. The number of aromatic amines is 1. The number of nitrogens with zero attached hydrogens (tertiary/aromatic N) is 3. The molecule has 2 aliphatic rings. The summed E-state index contributed by atoms with van der Waals surface area (Å²) in [6.07, 6.45) is 3.19. The van der Waals surface area contributed by atoms with E-state index in [1.807, 2.05) is 28.8 Å². The van der Waals surface area contributed by atoms with Crippen LogP contribution in [0.4, 0.5) is 0 Å². The van der Waals surface area contributed by atoms with E-state index in [2.05, 4.69) is 16.8 Å². The van der Waals surface area contributed by atoms with Crippen LogP contribution in [0.3, 0.4) is 0 Å². The zero-order chi connectivity index (χ0) is 23.2. The second-order valence-electron chi connectivity index (χ2n) is 8.95. The van der Waals surface area contributed by atoms with Crippen molar-refractivity contribution in [3.8, 4) is 0 Å². The Labute approximate surface area is 192 Å². The lowest BCUT2D eigenvalue weighted by atomic mass is 10.0. The number of fused-ring (bicyclic) bond motifs is 2. The summed E-state index contributed by atoms with van der Waals surface area (Å²) in [5.74, 6) is -0.428. The number of rotatable bonds is 6. The maximum atomic E-state index is 12.7. The number of nitrogens with one attached hydrogen (secondary N) is 1. The van der Waals surface area contributed by atoms with Crippen molar-refractivity contribution in [3.05, 3.63) is 64.6 Å². The van der Waals surface area contributed by atoms with Crippen LogP contribution in [-0.4, -0.2) is 58.8 Å². The molecule has 1 unspecified atom stereocenters. The Balaban J connectivity index is 1.16. The average molecular weight is 469 g/mol. The molecule has 5 rings (SSSR count). The van der Waals surface area contributed by atoms with Crippen LogP contribution in [0.1, 0.15) is 49.0 Å². The Morgan fingerprint density at radius 3 is 2.48 bits per heavy atom. The van der Waals surface area contributed by atoms with E-state index in [0.717, 1.165) is 47.7 Å². The molecule has 33 heavy (non-hydrogen) atoms. The number of piperidine rings is 1. The third-order valence-corrected chi connectivity index (χ3v) is 8.85. The van der Waals surface area contributed by atoms with Crippen molar-refractivity contribution in [1.29, 1.82) is 0 Å². The van der Waals surface area contributed by atoms with Crippen LogP contribution < -0.4 is 5.69 Å². The lowest BCUT2D eigenvalue weighted by molar-refractivity contribution is 0.0863. The number of aromatic nitrogens is 2. The highest BCUT2D eigenvalue weighted by molar-refractivity contribution is 7.90. The van der Waals surface area contributed by atoms with E-state index in [1.165, 1.54) is 6.07 Å². The summed E-state index contributed by atoms with van der Waals surface area (Å²) in [7, 11) is -3.74. The second-order valence-corrected chi connectivity index (χ2v) is 10.8. The summed E-state index contributed by atoms with van der Waals surface area (Å²) in [6.45, 7) is 4.10. The van der Waals surface area contributed by atoms with E-state index < -0.39 is 15.9 Å². The highest BCUT2D eigenvalue weighted by Crippen LogP contribution is 2.31. The molecule has 2 aliphatic heterocycles. The van der Waals surface area contributed by atoms with Crippen LogP contribution in [0.5, 0.6) is 0 Å². The first kappa shape index (κ1) is 21.9. The van der Waals surface area contributed by atoms with Crippen molar-refractivity contribution in [2.45, 2.75) is 49.6 Å². The van der Waals surface area contributed by atoms with Crippen molar-refractivity contribution >= 4 is 27.0 Å². The van der Waals surface area contributed by atoms with Crippen molar-refractivity contribution in [1.82, 2.24) is 18.8 Å². The molecular formula is C24H28N4O4S. The molecule has 1 amide bonds. The van der Waals surface area contributed by atoms with Crippen molar-refractivity contribution in [2.75, 3.05) is 19.6 Å². The molecule has 0 aliphatic carbocycles. The molecule has 1 atom stereocenters. The van der Waals surface area contributed by atoms with E-state index in [1.54, 1.807) is 18.2 Å². The van der Waals surface area contributed by atoms with Crippen LogP contribution in [0.25, 0.3) is 11.0 Å². The molecule has 8 nitrogen and oxygen atoms in total. The van der Waals surface area contributed by atoms with Gasteiger partial charge in [-0.3, -0.25) is 9.36 Å². The summed E-state index contributed by atoms with van der Waals surface area (Å²) in [4.78, 5) is 30.5. The molecule has 9 heteroatoms. The Kier molecular flexibility index (Phi) is 5.62. The fraction of sp³-hybridized carbons (Fsp3) is 0.417. The quantitative estimate of drug-likeness (QED) is 0.600. The molecule has 1 N–H and O–H groups in total. The lowest BCUT2D eigenvalue weighted by Crippen LogP contribution is -2.42. The van der Waals surface area contributed by atoms with E-state index >= 15 is 0 Å².